The number of carbonyl (C=O) groups is 2. The van der Waals surface area contributed by atoms with Crippen LogP contribution in [0.5, 0.6) is 0 Å². The number of rotatable bonds is 4. The third kappa shape index (κ3) is 3.78. The third-order valence-electron chi connectivity index (χ3n) is 5.49. The number of nitrogens with zero attached hydrogens (tertiary/aromatic N) is 1. The number of anilines is 1. The highest BCUT2D eigenvalue weighted by molar-refractivity contribution is 5.89. The number of cyclic esters (lactones) is 1. The highest BCUT2D eigenvalue weighted by atomic mass is 19.1. The molecule has 1 aliphatic carbocycles. The van der Waals surface area contributed by atoms with Gasteiger partial charge in [0.1, 0.15) is 17.5 Å². The molecule has 0 aromatic heterocycles. The monoisotopic (exact) mass is 391 g/mol. The van der Waals surface area contributed by atoms with E-state index in [2.05, 4.69) is 10.6 Å². The van der Waals surface area contributed by atoms with Crippen molar-refractivity contribution in [1.82, 2.24) is 10.6 Å². The summed E-state index contributed by atoms with van der Waals surface area (Å²) in [6.07, 6.45) is -1.63. The SMILES string of the molecule is CC(C)(C)OC(=O)NC[C@H]1CN(c2ccc([C@H]3[C@@H]4CNC[C@@H]43)c(F)c2)C(=O)O1. The van der Waals surface area contributed by atoms with Crippen molar-refractivity contribution in [2.24, 2.45) is 11.8 Å². The Morgan fingerprint density at radius 1 is 1.36 bits per heavy atom. The molecule has 7 nitrogen and oxygen atoms in total. The van der Waals surface area contributed by atoms with E-state index in [4.69, 9.17) is 9.47 Å². The maximum absolute atomic E-state index is 14.7. The normalized spacial score (nSPS) is 28.7. The summed E-state index contributed by atoms with van der Waals surface area (Å²) in [6.45, 7) is 7.58. The van der Waals surface area contributed by atoms with Gasteiger partial charge in [0.25, 0.3) is 0 Å². The molecule has 0 spiro atoms. The Kier molecular flexibility index (Phi) is 4.69. The molecule has 0 unspecified atom stereocenters. The predicted octanol–water partition coefficient (Wildman–Crippen LogP) is 2.61. The molecule has 1 saturated carbocycles. The van der Waals surface area contributed by atoms with Gasteiger partial charge in [0.2, 0.25) is 0 Å². The van der Waals surface area contributed by atoms with Gasteiger partial charge >= 0.3 is 12.2 Å². The number of piperidine rings is 1. The molecule has 3 aliphatic rings. The lowest BCUT2D eigenvalue weighted by Gasteiger charge is -2.20. The molecule has 4 atom stereocenters. The van der Waals surface area contributed by atoms with E-state index in [0.29, 0.717) is 17.5 Å². The van der Waals surface area contributed by atoms with Gasteiger partial charge in [0.05, 0.1) is 18.8 Å². The molecule has 1 aromatic rings. The predicted molar refractivity (Wildman–Crippen MR) is 101 cm³/mol. The zero-order valence-corrected chi connectivity index (χ0v) is 16.3. The first-order chi connectivity index (χ1) is 13.2. The first-order valence-corrected chi connectivity index (χ1v) is 9.68. The van der Waals surface area contributed by atoms with Crippen LogP contribution in [0.3, 0.4) is 0 Å². The highest BCUT2D eigenvalue weighted by Gasteiger charge is 2.54. The molecule has 2 N–H and O–H groups in total. The highest BCUT2D eigenvalue weighted by Crippen LogP contribution is 2.56. The Balaban J connectivity index is 1.35. The van der Waals surface area contributed by atoms with Crippen molar-refractivity contribution in [3.8, 4) is 0 Å². The molecule has 2 heterocycles. The number of alkyl carbamates (subject to hydrolysis) is 1. The van der Waals surface area contributed by atoms with Crippen molar-refractivity contribution < 1.29 is 23.5 Å². The Hall–Kier alpha value is -2.35. The summed E-state index contributed by atoms with van der Waals surface area (Å²) < 4.78 is 25.1. The Bertz CT molecular complexity index is 784. The van der Waals surface area contributed by atoms with Gasteiger partial charge in [-0.2, -0.15) is 0 Å². The van der Waals surface area contributed by atoms with Crippen LogP contribution in [0.25, 0.3) is 0 Å². The van der Waals surface area contributed by atoms with Gasteiger partial charge in [-0.25, -0.2) is 14.0 Å². The number of benzene rings is 1. The summed E-state index contributed by atoms with van der Waals surface area (Å²) >= 11 is 0. The summed E-state index contributed by atoms with van der Waals surface area (Å²) in [7, 11) is 0. The maximum atomic E-state index is 14.7. The zero-order chi connectivity index (χ0) is 20.1. The lowest BCUT2D eigenvalue weighted by atomic mass is 10.1. The van der Waals surface area contributed by atoms with Gasteiger partial charge in [-0.15, -0.1) is 0 Å². The Morgan fingerprint density at radius 2 is 2.07 bits per heavy atom. The summed E-state index contributed by atoms with van der Waals surface area (Å²) in [4.78, 5) is 25.3. The maximum Gasteiger partial charge on any atom is 0.414 e. The Labute approximate surface area is 163 Å². The quantitative estimate of drug-likeness (QED) is 0.825. The van der Waals surface area contributed by atoms with Crippen molar-refractivity contribution >= 4 is 17.9 Å². The van der Waals surface area contributed by atoms with Crippen molar-refractivity contribution in [2.75, 3.05) is 31.1 Å². The van der Waals surface area contributed by atoms with Crippen LogP contribution in [-0.4, -0.2) is 50.1 Å². The van der Waals surface area contributed by atoms with Crippen LogP contribution < -0.4 is 15.5 Å². The fourth-order valence-electron chi connectivity index (χ4n) is 4.18. The summed E-state index contributed by atoms with van der Waals surface area (Å²) in [5.74, 6) is 1.06. The van der Waals surface area contributed by atoms with Crippen LogP contribution >= 0.6 is 0 Å². The topological polar surface area (TPSA) is 79.9 Å². The molecule has 2 aliphatic heterocycles. The van der Waals surface area contributed by atoms with E-state index in [0.717, 1.165) is 18.7 Å². The number of amides is 2. The van der Waals surface area contributed by atoms with E-state index < -0.39 is 23.9 Å². The molecular formula is C20H26FN3O4. The molecule has 8 heteroatoms. The molecule has 152 valence electrons. The van der Waals surface area contributed by atoms with Gasteiger partial charge in [0.15, 0.2) is 0 Å². The van der Waals surface area contributed by atoms with Crippen LogP contribution in [0.1, 0.15) is 32.3 Å². The van der Waals surface area contributed by atoms with Crippen LogP contribution in [0.15, 0.2) is 18.2 Å². The van der Waals surface area contributed by atoms with E-state index in [1.165, 1.54) is 11.0 Å². The minimum Gasteiger partial charge on any atom is -0.444 e. The molecule has 2 saturated heterocycles. The molecule has 28 heavy (non-hydrogen) atoms. The standard InChI is InChI=1S/C20H26FN3O4/c1-20(2,3)28-18(25)23-7-12-10-24(19(26)27-12)11-4-5-13(16(21)6-11)17-14-8-22-9-15(14)17/h4-6,12,14-15,17,22H,7-10H2,1-3H3,(H,23,25)/t12-,14-,15+,17+/m0/s1. The van der Waals surface area contributed by atoms with Crippen molar-refractivity contribution in [1.29, 1.82) is 0 Å². The van der Waals surface area contributed by atoms with Gasteiger partial charge in [-0.05, 0) is 69.3 Å². The van der Waals surface area contributed by atoms with Crippen LogP contribution in [0.4, 0.5) is 19.7 Å². The first-order valence-electron chi connectivity index (χ1n) is 9.68. The first kappa shape index (κ1) is 19.0. The molecule has 0 radical (unpaired) electrons. The van der Waals surface area contributed by atoms with E-state index in [-0.39, 0.29) is 24.8 Å². The van der Waals surface area contributed by atoms with E-state index in [1.807, 2.05) is 0 Å². The molecule has 0 bridgehead atoms. The second-order valence-corrected chi connectivity index (χ2v) is 8.72. The van der Waals surface area contributed by atoms with Gasteiger partial charge in [-0.1, -0.05) is 6.07 Å². The molecule has 2 amide bonds. The lowest BCUT2D eigenvalue weighted by Crippen LogP contribution is -2.38. The third-order valence-corrected chi connectivity index (χ3v) is 5.49. The van der Waals surface area contributed by atoms with Crippen LogP contribution in [0.2, 0.25) is 0 Å². The van der Waals surface area contributed by atoms with E-state index >= 15 is 0 Å². The minimum atomic E-state index is -0.599. The number of hydrogen-bond donors (Lipinski definition) is 2. The minimum absolute atomic E-state index is 0.135. The Morgan fingerprint density at radius 3 is 2.71 bits per heavy atom. The average Bonchev–Trinajstić information content (AvgIpc) is 2.94. The van der Waals surface area contributed by atoms with Crippen molar-refractivity contribution in [2.45, 2.75) is 38.4 Å². The number of hydrogen-bond acceptors (Lipinski definition) is 5. The van der Waals surface area contributed by atoms with E-state index in [9.17, 15) is 14.0 Å². The summed E-state index contributed by atoms with van der Waals surface area (Å²) in [5.41, 5.74) is 0.601. The summed E-state index contributed by atoms with van der Waals surface area (Å²) in [6, 6.07) is 4.96. The number of ether oxygens (including phenoxy) is 2. The molecular weight excluding hydrogens is 365 g/mol. The van der Waals surface area contributed by atoms with E-state index in [1.54, 1.807) is 32.9 Å². The number of halogens is 1. The molecule has 3 fully saturated rings. The second kappa shape index (κ2) is 6.92. The van der Waals surface area contributed by atoms with Crippen molar-refractivity contribution in [3.05, 3.63) is 29.6 Å². The number of fused-ring (bicyclic) bond motifs is 1. The van der Waals surface area contributed by atoms with Gasteiger partial charge in [0, 0.05) is 0 Å². The van der Waals surface area contributed by atoms with Crippen LogP contribution in [0, 0.1) is 17.7 Å². The zero-order valence-electron chi connectivity index (χ0n) is 16.3. The summed E-state index contributed by atoms with van der Waals surface area (Å²) in [5, 5.41) is 5.90. The molecule has 4 rings (SSSR count). The van der Waals surface area contributed by atoms with Crippen molar-refractivity contribution in [3.63, 3.8) is 0 Å². The lowest BCUT2D eigenvalue weighted by molar-refractivity contribution is 0.0496. The smallest absolute Gasteiger partial charge is 0.414 e. The largest absolute Gasteiger partial charge is 0.444 e. The molecule has 1 aromatic carbocycles. The average molecular weight is 391 g/mol. The van der Waals surface area contributed by atoms with Crippen LogP contribution in [-0.2, 0) is 9.47 Å². The number of nitrogens with one attached hydrogen (secondary N) is 2. The fourth-order valence-corrected chi connectivity index (χ4v) is 4.18. The number of carbonyl (C=O) groups excluding carboxylic acids is 2. The second-order valence-electron chi connectivity index (χ2n) is 8.72. The fraction of sp³-hybridized carbons (Fsp3) is 0.600. The van der Waals surface area contributed by atoms with Gasteiger partial charge in [-0.3, -0.25) is 4.90 Å². The van der Waals surface area contributed by atoms with Gasteiger partial charge < -0.3 is 20.1 Å².